The Balaban J connectivity index is -0.00000840. The van der Waals surface area contributed by atoms with Gasteiger partial charge in [-0.15, -0.1) is 0 Å². The third kappa shape index (κ3) is 40.9. The topological polar surface area (TPSA) is 128 Å². The van der Waals surface area contributed by atoms with Crippen molar-refractivity contribution < 1.29 is 9.59 Å². The number of amides is 2. The number of unbranched alkanes of at least 4 members (excludes halogenated alkanes) is 28. The van der Waals surface area contributed by atoms with Gasteiger partial charge in [-0.05, 0) is 12.8 Å². The lowest BCUT2D eigenvalue weighted by molar-refractivity contribution is -0.123. The van der Waals surface area contributed by atoms with Crippen molar-refractivity contribution in [3.05, 3.63) is 0 Å². The first-order valence-corrected chi connectivity index (χ1v) is 19.2. The number of nitrogens with one attached hydrogen (secondary N) is 2. The van der Waals surface area contributed by atoms with Gasteiger partial charge in [-0.1, -0.05) is 194 Å². The van der Waals surface area contributed by atoms with Gasteiger partial charge in [0.1, 0.15) is 0 Å². The predicted octanol–water partition coefficient (Wildman–Crippen LogP) is 12.1. The molecule has 0 saturated heterocycles. The lowest BCUT2D eigenvalue weighted by atomic mass is 10.0. The molecule has 0 aromatic rings. The van der Waals surface area contributed by atoms with E-state index in [4.69, 9.17) is 0 Å². The van der Waals surface area contributed by atoms with Crippen LogP contribution in [0.4, 0.5) is 0 Å². The van der Waals surface area contributed by atoms with Gasteiger partial charge in [-0.3, -0.25) is 9.59 Å². The van der Waals surface area contributed by atoms with Crippen LogP contribution >= 0.6 is 0 Å². The quantitative estimate of drug-likeness (QED) is 0.0521. The summed E-state index contributed by atoms with van der Waals surface area (Å²) in [5, 5.41) is 5.91. The van der Waals surface area contributed by atoms with Crippen molar-refractivity contribution in [1.29, 1.82) is 0 Å². The average molecular weight is 627 g/mol. The minimum atomic E-state index is 0. The summed E-state index contributed by atoms with van der Waals surface area (Å²) in [6.07, 6.45) is 41.5. The summed E-state index contributed by atoms with van der Waals surface area (Å²) in [6, 6.07) is 0. The molecule has 0 saturated carbocycles. The molecule has 0 spiro atoms. The molecule has 0 aliphatic carbocycles. The van der Waals surface area contributed by atoms with Crippen molar-refractivity contribution in [2.24, 2.45) is 0 Å². The molecule has 266 valence electrons. The van der Waals surface area contributed by atoms with Crippen molar-refractivity contribution in [1.82, 2.24) is 22.9 Å². The summed E-state index contributed by atoms with van der Waals surface area (Å²) in [6.45, 7) is 5.65. The molecule has 0 bridgehead atoms. The second kappa shape index (κ2) is 41.9. The first-order valence-electron chi connectivity index (χ1n) is 19.2. The molecule has 6 nitrogen and oxygen atoms in total. The van der Waals surface area contributed by atoms with Crippen LogP contribution in [0.3, 0.4) is 0 Å². The maximum absolute atomic E-state index is 12.0. The molecule has 0 fully saturated rings. The van der Waals surface area contributed by atoms with Gasteiger partial charge in [0.25, 0.3) is 0 Å². The van der Waals surface area contributed by atoms with E-state index in [0.717, 1.165) is 25.7 Å². The molecule has 0 unspecified atom stereocenters. The highest BCUT2D eigenvalue weighted by Crippen LogP contribution is 2.15. The first-order chi connectivity index (χ1) is 20.7. The molecule has 0 aromatic heterocycles. The Morgan fingerprint density at radius 1 is 0.318 bits per heavy atom. The summed E-state index contributed by atoms with van der Waals surface area (Å²) in [5.74, 6) is 0.253. The van der Waals surface area contributed by atoms with E-state index in [1.807, 2.05) is 0 Å². The summed E-state index contributed by atoms with van der Waals surface area (Å²) < 4.78 is 0. The molecule has 2 amide bonds. The van der Waals surface area contributed by atoms with Crippen LogP contribution in [0.15, 0.2) is 0 Å². The number of rotatable bonds is 35. The van der Waals surface area contributed by atoms with Gasteiger partial charge < -0.3 is 22.9 Å². The maximum Gasteiger partial charge on any atom is 0.220 e. The Hall–Kier alpha value is -1.14. The molecule has 0 aromatic carbocycles. The Morgan fingerprint density at radius 3 is 0.705 bits per heavy atom. The first kappa shape index (κ1) is 47.3. The molecule has 0 rings (SSSR count). The molecule has 0 heterocycles. The van der Waals surface area contributed by atoms with Crippen LogP contribution in [0.5, 0.6) is 0 Å². The minimum absolute atomic E-state index is 0. The van der Waals surface area contributed by atoms with E-state index in [0.29, 0.717) is 25.9 Å². The molecule has 0 atom stereocenters. The molecule has 0 aliphatic rings. The molecule has 0 radical (unpaired) electrons. The van der Waals surface area contributed by atoms with Gasteiger partial charge in [0, 0.05) is 25.9 Å². The fraction of sp³-hybridized carbons (Fsp3) is 0.947. The highest BCUT2D eigenvalue weighted by Gasteiger charge is 2.03. The second-order valence-electron chi connectivity index (χ2n) is 13.1. The van der Waals surface area contributed by atoms with Gasteiger partial charge in [0.15, 0.2) is 0 Å². The van der Waals surface area contributed by atoms with E-state index in [9.17, 15) is 9.59 Å². The molecule has 44 heavy (non-hydrogen) atoms. The fourth-order valence-electron chi connectivity index (χ4n) is 5.89. The second-order valence-corrected chi connectivity index (χ2v) is 13.1. The van der Waals surface area contributed by atoms with E-state index in [-0.39, 0.29) is 24.1 Å². The summed E-state index contributed by atoms with van der Waals surface area (Å²) in [7, 11) is 0. The Bertz CT molecular complexity index is 511. The number of carbonyl (C=O) groups is 2. The SMILES string of the molecule is CCCCCCCCCCCCCCCCCC(=O)NCCNC(=O)CCCCCCCCCCCCCCCCC.N.N. The number of hydrogen-bond acceptors (Lipinski definition) is 4. The van der Waals surface area contributed by atoms with Crippen molar-refractivity contribution in [3.63, 3.8) is 0 Å². The van der Waals surface area contributed by atoms with Crippen LogP contribution in [0, 0.1) is 0 Å². The third-order valence-electron chi connectivity index (χ3n) is 8.78. The summed E-state index contributed by atoms with van der Waals surface area (Å²) in [4.78, 5) is 24.1. The van der Waals surface area contributed by atoms with Gasteiger partial charge in [0.05, 0.1) is 0 Å². The van der Waals surface area contributed by atoms with Crippen LogP contribution in [-0.2, 0) is 9.59 Å². The van der Waals surface area contributed by atoms with Gasteiger partial charge in [-0.25, -0.2) is 0 Å². The van der Waals surface area contributed by atoms with E-state index < -0.39 is 0 Å². The smallest absolute Gasteiger partial charge is 0.220 e. The fourth-order valence-corrected chi connectivity index (χ4v) is 5.89. The molecule has 8 N–H and O–H groups in total. The Labute approximate surface area is 276 Å². The maximum atomic E-state index is 12.0. The van der Waals surface area contributed by atoms with Crippen LogP contribution < -0.4 is 22.9 Å². The van der Waals surface area contributed by atoms with Crippen LogP contribution in [0.2, 0.25) is 0 Å². The van der Waals surface area contributed by atoms with E-state index in [2.05, 4.69) is 24.5 Å². The van der Waals surface area contributed by atoms with E-state index in [1.165, 1.54) is 167 Å². The van der Waals surface area contributed by atoms with E-state index in [1.54, 1.807) is 0 Å². The Morgan fingerprint density at radius 2 is 0.500 bits per heavy atom. The molecule has 0 aliphatic heterocycles. The zero-order valence-electron chi connectivity index (χ0n) is 30.3. The van der Waals surface area contributed by atoms with Crippen LogP contribution in [-0.4, -0.2) is 24.9 Å². The van der Waals surface area contributed by atoms with Gasteiger partial charge in [-0.2, -0.15) is 0 Å². The standard InChI is InChI=1S/C38H76N2O2.2H3N/c1-3-5-7-9-11-13-15-17-19-21-23-25-27-29-31-33-37(41)39-35-36-40-38(42)34-32-30-28-26-24-22-20-18-16-14-12-10-8-6-4-2;;/h3-36H2,1-2H3,(H,39,41)(H,40,42);2*1H3. The number of carbonyl (C=O) groups excluding carboxylic acids is 2. The Kier molecular flexibility index (Phi) is 45.0. The van der Waals surface area contributed by atoms with Gasteiger partial charge in [0.2, 0.25) is 11.8 Å². The third-order valence-corrected chi connectivity index (χ3v) is 8.78. The zero-order valence-corrected chi connectivity index (χ0v) is 30.3. The van der Waals surface area contributed by atoms with Crippen molar-refractivity contribution in [3.8, 4) is 0 Å². The lowest BCUT2D eigenvalue weighted by Crippen LogP contribution is -2.34. The highest BCUT2D eigenvalue weighted by molar-refractivity contribution is 5.77. The minimum Gasteiger partial charge on any atom is -0.354 e. The molecule has 6 heteroatoms. The molecular weight excluding hydrogens is 544 g/mol. The van der Waals surface area contributed by atoms with Gasteiger partial charge >= 0.3 is 0 Å². The normalized spacial score (nSPS) is 10.7. The average Bonchev–Trinajstić information content (AvgIpc) is 2.99. The largest absolute Gasteiger partial charge is 0.354 e. The van der Waals surface area contributed by atoms with Crippen LogP contribution in [0.25, 0.3) is 0 Å². The van der Waals surface area contributed by atoms with Crippen LogP contribution in [0.1, 0.15) is 219 Å². The van der Waals surface area contributed by atoms with Crippen molar-refractivity contribution in [2.75, 3.05) is 13.1 Å². The van der Waals surface area contributed by atoms with Crippen molar-refractivity contribution in [2.45, 2.75) is 219 Å². The number of hydrogen-bond donors (Lipinski definition) is 4. The predicted molar refractivity (Wildman–Crippen MR) is 195 cm³/mol. The van der Waals surface area contributed by atoms with E-state index >= 15 is 0 Å². The summed E-state index contributed by atoms with van der Waals surface area (Å²) >= 11 is 0. The lowest BCUT2D eigenvalue weighted by Gasteiger charge is -2.07. The zero-order chi connectivity index (χ0) is 30.6. The summed E-state index contributed by atoms with van der Waals surface area (Å²) in [5.41, 5.74) is 0. The van der Waals surface area contributed by atoms with Crippen molar-refractivity contribution >= 4 is 11.8 Å². The monoisotopic (exact) mass is 627 g/mol. The molecular formula is C38H82N4O2. The highest BCUT2D eigenvalue weighted by atomic mass is 16.2.